The quantitative estimate of drug-likeness (QED) is 0.719. The van der Waals surface area contributed by atoms with Crippen LogP contribution in [0, 0.1) is 20.8 Å². The highest BCUT2D eigenvalue weighted by Gasteiger charge is 2.24. The zero-order valence-electron chi connectivity index (χ0n) is 16.8. The summed E-state index contributed by atoms with van der Waals surface area (Å²) in [5.41, 5.74) is 4.26. The van der Waals surface area contributed by atoms with Gasteiger partial charge in [0.2, 0.25) is 12.3 Å². The van der Waals surface area contributed by atoms with Crippen molar-refractivity contribution in [1.82, 2.24) is 24.9 Å². The van der Waals surface area contributed by atoms with E-state index in [4.69, 9.17) is 4.42 Å². The zero-order chi connectivity index (χ0) is 20.5. The van der Waals surface area contributed by atoms with E-state index in [2.05, 4.69) is 20.2 Å². The fourth-order valence-corrected chi connectivity index (χ4v) is 3.51. The molecule has 29 heavy (non-hydrogen) atoms. The molecule has 0 saturated carbocycles. The molecule has 9 nitrogen and oxygen atoms in total. The van der Waals surface area contributed by atoms with Gasteiger partial charge < -0.3 is 19.3 Å². The van der Waals surface area contributed by atoms with Crippen LogP contribution in [0.5, 0.6) is 5.75 Å². The van der Waals surface area contributed by atoms with E-state index >= 15 is 0 Å². The van der Waals surface area contributed by atoms with E-state index in [1.807, 2.05) is 37.8 Å². The molecule has 1 aromatic carbocycles. The van der Waals surface area contributed by atoms with Crippen LogP contribution >= 0.6 is 0 Å². The lowest BCUT2D eigenvalue weighted by atomic mass is 10.1. The number of piperazine rings is 1. The number of carbonyl (C=O) groups excluding carboxylic acids is 1. The van der Waals surface area contributed by atoms with Gasteiger partial charge in [0.15, 0.2) is 5.69 Å². The fourth-order valence-electron chi connectivity index (χ4n) is 3.51. The highest BCUT2D eigenvalue weighted by molar-refractivity contribution is 5.76. The Kier molecular flexibility index (Phi) is 4.96. The maximum absolute atomic E-state index is 12.8. The van der Waals surface area contributed by atoms with Gasteiger partial charge >= 0.3 is 0 Å². The van der Waals surface area contributed by atoms with Crippen molar-refractivity contribution in [2.45, 2.75) is 27.3 Å². The molecule has 2 aromatic heterocycles. The van der Waals surface area contributed by atoms with Gasteiger partial charge in [-0.2, -0.15) is 5.10 Å². The molecule has 1 aliphatic rings. The van der Waals surface area contributed by atoms with Crippen molar-refractivity contribution in [3.8, 4) is 17.3 Å². The lowest BCUT2D eigenvalue weighted by Gasteiger charge is -2.36. The average Bonchev–Trinajstić information content (AvgIpc) is 3.34. The Balaban J connectivity index is 1.40. The fraction of sp³-hybridized carbons (Fsp3) is 0.400. The van der Waals surface area contributed by atoms with Crippen LogP contribution in [0.1, 0.15) is 16.8 Å². The van der Waals surface area contributed by atoms with E-state index in [-0.39, 0.29) is 12.5 Å². The van der Waals surface area contributed by atoms with Gasteiger partial charge in [-0.15, -0.1) is 10.2 Å². The van der Waals surface area contributed by atoms with Gasteiger partial charge in [-0.1, -0.05) is 6.07 Å². The van der Waals surface area contributed by atoms with E-state index < -0.39 is 0 Å². The van der Waals surface area contributed by atoms with E-state index in [9.17, 15) is 9.90 Å². The third-order valence-corrected chi connectivity index (χ3v) is 5.54. The zero-order valence-corrected chi connectivity index (χ0v) is 16.8. The maximum atomic E-state index is 12.8. The van der Waals surface area contributed by atoms with E-state index in [1.165, 1.54) is 6.39 Å². The molecule has 3 aromatic rings. The molecular weight excluding hydrogens is 372 g/mol. The first-order chi connectivity index (χ1) is 13.9. The molecule has 4 rings (SSSR count). The molecule has 1 fully saturated rings. The summed E-state index contributed by atoms with van der Waals surface area (Å²) in [5.74, 6) is 0.674. The SMILES string of the molecule is Cc1ccc(N2CCN(C(=O)Cn3nc(-c4nnco4)c(C)c3C)CC2)cc1O. The smallest absolute Gasteiger partial charge is 0.268 e. The second-order valence-electron chi connectivity index (χ2n) is 7.30. The Bertz CT molecular complexity index is 1020. The standard InChI is InChI=1S/C20H24N6O3/c1-13-4-5-16(10-17(13)27)24-6-8-25(9-7-24)18(28)11-26-15(3)14(2)19(23-26)20-22-21-12-29-20/h4-5,10,12,27H,6-9,11H2,1-3H3. The molecule has 9 heteroatoms. The number of aromatic hydroxyl groups is 1. The first-order valence-corrected chi connectivity index (χ1v) is 9.57. The van der Waals surface area contributed by atoms with Crippen LogP contribution in [0.3, 0.4) is 0 Å². The second-order valence-corrected chi connectivity index (χ2v) is 7.30. The van der Waals surface area contributed by atoms with Crippen molar-refractivity contribution < 1.29 is 14.3 Å². The van der Waals surface area contributed by atoms with Crippen LogP contribution in [0.15, 0.2) is 29.0 Å². The highest BCUT2D eigenvalue weighted by Crippen LogP contribution is 2.25. The van der Waals surface area contributed by atoms with Gasteiger partial charge in [0.25, 0.3) is 5.89 Å². The summed E-state index contributed by atoms with van der Waals surface area (Å²) in [4.78, 5) is 16.9. The number of amides is 1. The molecule has 3 heterocycles. The normalized spacial score (nSPS) is 14.4. The lowest BCUT2D eigenvalue weighted by molar-refractivity contribution is -0.132. The molecule has 1 N–H and O–H groups in total. The first-order valence-electron chi connectivity index (χ1n) is 9.57. The molecule has 0 radical (unpaired) electrons. The summed E-state index contributed by atoms with van der Waals surface area (Å²) in [5, 5.41) is 22.0. The highest BCUT2D eigenvalue weighted by atomic mass is 16.4. The third-order valence-electron chi connectivity index (χ3n) is 5.54. The van der Waals surface area contributed by atoms with Crippen LogP contribution in [0.25, 0.3) is 11.6 Å². The Morgan fingerprint density at radius 1 is 1.17 bits per heavy atom. The molecule has 1 aliphatic heterocycles. The molecule has 0 bridgehead atoms. The van der Waals surface area contributed by atoms with Gasteiger partial charge in [0.1, 0.15) is 12.3 Å². The number of carbonyl (C=O) groups is 1. The van der Waals surface area contributed by atoms with Crippen molar-refractivity contribution >= 4 is 11.6 Å². The molecular formula is C20H24N6O3. The molecule has 0 spiro atoms. The Morgan fingerprint density at radius 3 is 2.59 bits per heavy atom. The van der Waals surface area contributed by atoms with E-state index in [0.717, 1.165) is 35.6 Å². The van der Waals surface area contributed by atoms with Crippen LogP contribution < -0.4 is 4.90 Å². The lowest BCUT2D eigenvalue weighted by Crippen LogP contribution is -2.49. The van der Waals surface area contributed by atoms with Crippen LogP contribution in [-0.2, 0) is 11.3 Å². The van der Waals surface area contributed by atoms with Crippen molar-refractivity contribution in [1.29, 1.82) is 0 Å². The predicted molar refractivity (Wildman–Crippen MR) is 107 cm³/mol. The van der Waals surface area contributed by atoms with E-state index in [0.29, 0.717) is 30.4 Å². The van der Waals surface area contributed by atoms with Crippen molar-refractivity contribution in [3.63, 3.8) is 0 Å². The number of benzene rings is 1. The molecule has 152 valence electrons. The summed E-state index contributed by atoms with van der Waals surface area (Å²) < 4.78 is 6.94. The number of aryl methyl sites for hydroxylation is 1. The minimum atomic E-state index is 0.0269. The van der Waals surface area contributed by atoms with Crippen LogP contribution in [0.2, 0.25) is 0 Å². The van der Waals surface area contributed by atoms with Gasteiger partial charge in [-0.05, 0) is 32.4 Å². The molecule has 0 unspecified atom stereocenters. The first kappa shape index (κ1) is 19.0. The van der Waals surface area contributed by atoms with Crippen LogP contribution in [0.4, 0.5) is 5.69 Å². The number of nitrogens with zero attached hydrogens (tertiary/aromatic N) is 6. The number of anilines is 1. The summed E-state index contributed by atoms with van der Waals surface area (Å²) in [6.07, 6.45) is 1.27. The minimum absolute atomic E-state index is 0.0269. The van der Waals surface area contributed by atoms with Crippen LogP contribution in [-0.4, -0.2) is 62.1 Å². The number of phenols is 1. The van der Waals surface area contributed by atoms with Gasteiger partial charge in [-0.25, -0.2) is 0 Å². The topological polar surface area (TPSA) is 101 Å². The summed E-state index contributed by atoms with van der Waals surface area (Å²) in [7, 11) is 0. The molecule has 0 atom stereocenters. The van der Waals surface area contributed by atoms with E-state index in [1.54, 1.807) is 10.7 Å². The largest absolute Gasteiger partial charge is 0.508 e. The summed E-state index contributed by atoms with van der Waals surface area (Å²) in [6, 6.07) is 5.69. The Morgan fingerprint density at radius 2 is 1.93 bits per heavy atom. The number of phenolic OH excluding ortho intramolecular Hbond substituents is 1. The maximum Gasteiger partial charge on any atom is 0.268 e. The monoisotopic (exact) mass is 396 g/mol. The van der Waals surface area contributed by atoms with Gasteiger partial charge in [0, 0.05) is 49.2 Å². The number of hydrogen-bond acceptors (Lipinski definition) is 7. The summed E-state index contributed by atoms with van der Waals surface area (Å²) >= 11 is 0. The molecule has 1 amide bonds. The van der Waals surface area contributed by atoms with Crippen molar-refractivity contribution in [2.75, 3.05) is 31.1 Å². The van der Waals surface area contributed by atoms with Crippen molar-refractivity contribution in [3.05, 3.63) is 41.4 Å². The minimum Gasteiger partial charge on any atom is -0.508 e. The van der Waals surface area contributed by atoms with Gasteiger partial charge in [-0.3, -0.25) is 9.48 Å². The Labute approximate surface area is 168 Å². The van der Waals surface area contributed by atoms with Gasteiger partial charge in [0.05, 0.1) is 0 Å². The molecule has 0 aliphatic carbocycles. The van der Waals surface area contributed by atoms with Crippen molar-refractivity contribution in [2.24, 2.45) is 0 Å². The number of hydrogen-bond donors (Lipinski definition) is 1. The Hall–Kier alpha value is -3.36. The molecule has 1 saturated heterocycles. The summed E-state index contributed by atoms with van der Waals surface area (Å²) in [6.45, 7) is 8.60. The average molecular weight is 396 g/mol. The number of rotatable bonds is 4. The predicted octanol–water partition coefficient (Wildman–Crippen LogP) is 1.91. The number of aromatic nitrogens is 4. The second kappa shape index (κ2) is 7.57. The third kappa shape index (κ3) is 3.67.